The lowest BCUT2D eigenvalue weighted by atomic mass is 9.93. The summed E-state index contributed by atoms with van der Waals surface area (Å²) in [6.07, 6.45) is 3.04. The van der Waals surface area contributed by atoms with Crippen LogP contribution < -0.4 is 20.7 Å². The van der Waals surface area contributed by atoms with Gasteiger partial charge in [-0.15, -0.1) is 0 Å². The molecule has 1 atom stereocenters. The number of carbonyl (C=O) groups excluding carboxylic acids is 1. The van der Waals surface area contributed by atoms with Crippen LogP contribution in [0.3, 0.4) is 0 Å². The van der Waals surface area contributed by atoms with Gasteiger partial charge in [-0.3, -0.25) is 14.3 Å². The second-order valence-corrected chi connectivity index (χ2v) is 11.1. The minimum absolute atomic E-state index is 0.00509. The molecule has 1 amide bonds. The van der Waals surface area contributed by atoms with Crippen LogP contribution in [0.15, 0.2) is 41.5 Å². The molecule has 1 N–H and O–H groups in total. The molecule has 0 aliphatic carbocycles. The molecule has 11 heteroatoms. The Kier molecular flexibility index (Phi) is 6.75. The number of nitrogens with zero attached hydrogens (tertiary/aromatic N) is 6. The second kappa shape index (κ2) is 10.3. The Morgan fingerprint density at radius 2 is 1.95 bits per heavy atom. The molecule has 1 aromatic carbocycles. The van der Waals surface area contributed by atoms with Gasteiger partial charge in [0.2, 0.25) is 5.91 Å². The first-order valence-electron chi connectivity index (χ1n) is 13.9. The van der Waals surface area contributed by atoms with Crippen LogP contribution in [-0.4, -0.2) is 50.9 Å². The van der Waals surface area contributed by atoms with Crippen molar-refractivity contribution in [2.24, 2.45) is 14.1 Å². The summed E-state index contributed by atoms with van der Waals surface area (Å²) in [6.45, 7) is 5.18. The van der Waals surface area contributed by atoms with Crippen LogP contribution in [0.4, 0.5) is 26.1 Å². The van der Waals surface area contributed by atoms with Crippen LogP contribution in [0.1, 0.15) is 42.9 Å². The Bertz CT molecular complexity index is 1730. The Hall–Kier alpha value is -4.28. The van der Waals surface area contributed by atoms with Gasteiger partial charge in [-0.1, -0.05) is 0 Å². The standard InChI is InChI=1S/C30H33F2N7O2/c1-17-10-24-26(37(4)30(17)41)13-27(38-9-7-21(16-38)34-18(2)40)35-29(24)39-8-5-6-19-11-22(20-14-33-36(3)15-20)23(28(31)32)12-25(19)39/h10-15,21,28H,5-9,16H2,1-4H3,(H,34,40). The maximum Gasteiger partial charge on any atom is 0.264 e. The number of carbonyl (C=O) groups is 1. The van der Waals surface area contributed by atoms with Crippen LogP contribution in [0.2, 0.25) is 0 Å². The molecule has 1 saturated heterocycles. The molecule has 41 heavy (non-hydrogen) atoms. The largest absolute Gasteiger partial charge is 0.354 e. The van der Waals surface area contributed by atoms with Crippen molar-refractivity contribution >= 4 is 34.1 Å². The van der Waals surface area contributed by atoms with E-state index in [1.54, 1.807) is 48.7 Å². The monoisotopic (exact) mass is 561 g/mol. The van der Waals surface area contributed by atoms with E-state index in [1.165, 1.54) is 6.92 Å². The summed E-state index contributed by atoms with van der Waals surface area (Å²) in [7, 11) is 3.51. The van der Waals surface area contributed by atoms with Gasteiger partial charge in [0, 0.05) is 86.7 Å². The van der Waals surface area contributed by atoms with Crippen molar-refractivity contribution in [1.82, 2.24) is 24.6 Å². The summed E-state index contributed by atoms with van der Waals surface area (Å²) in [5.74, 6) is 1.24. The number of aromatic nitrogens is 4. The lowest BCUT2D eigenvalue weighted by Crippen LogP contribution is -2.36. The highest BCUT2D eigenvalue weighted by Gasteiger charge is 2.29. The van der Waals surface area contributed by atoms with E-state index in [1.807, 2.05) is 23.1 Å². The van der Waals surface area contributed by atoms with Gasteiger partial charge in [-0.05, 0) is 55.5 Å². The molecular formula is C30H33F2N7O2. The van der Waals surface area contributed by atoms with E-state index in [9.17, 15) is 18.4 Å². The van der Waals surface area contributed by atoms with Crippen molar-refractivity contribution < 1.29 is 13.6 Å². The third-order valence-corrected chi connectivity index (χ3v) is 8.16. The molecule has 214 valence electrons. The average Bonchev–Trinajstić information content (AvgIpc) is 3.59. The smallest absolute Gasteiger partial charge is 0.264 e. The van der Waals surface area contributed by atoms with Gasteiger partial charge in [0.15, 0.2) is 0 Å². The molecule has 1 fully saturated rings. The lowest BCUT2D eigenvalue weighted by molar-refractivity contribution is -0.119. The second-order valence-electron chi connectivity index (χ2n) is 11.1. The summed E-state index contributed by atoms with van der Waals surface area (Å²) in [5, 5.41) is 7.96. The molecular weight excluding hydrogens is 528 g/mol. The van der Waals surface area contributed by atoms with E-state index < -0.39 is 6.43 Å². The number of hydrogen-bond donors (Lipinski definition) is 1. The average molecular weight is 562 g/mol. The molecule has 2 aliphatic rings. The maximum absolute atomic E-state index is 14.5. The Morgan fingerprint density at radius 1 is 1.15 bits per heavy atom. The SMILES string of the molecule is CC(=O)NC1CCN(c2cc3c(cc(C)c(=O)n3C)c(N3CCCc4cc(-c5cnn(C)c5)c(C(F)F)cc43)n2)C1. The predicted octanol–water partition coefficient (Wildman–Crippen LogP) is 4.38. The zero-order chi connectivity index (χ0) is 29.0. The fourth-order valence-corrected chi connectivity index (χ4v) is 6.18. The molecule has 1 unspecified atom stereocenters. The van der Waals surface area contributed by atoms with Gasteiger partial charge in [0.1, 0.15) is 11.6 Å². The number of halogens is 2. The predicted molar refractivity (Wildman–Crippen MR) is 155 cm³/mol. The van der Waals surface area contributed by atoms with Crippen LogP contribution in [-0.2, 0) is 25.3 Å². The number of amides is 1. The number of rotatable bonds is 5. The Morgan fingerprint density at radius 3 is 2.66 bits per heavy atom. The van der Waals surface area contributed by atoms with Gasteiger partial charge >= 0.3 is 0 Å². The minimum Gasteiger partial charge on any atom is -0.354 e. The number of benzene rings is 1. The first kappa shape index (κ1) is 26.9. The van der Waals surface area contributed by atoms with Crippen molar-refractivity contribution in [2.75, 3.05) is 29.4 Å². The number of anilines is 3. The molecule has 2 aliphatic heterocycles. The van der Waals surface area contributed by atoms with Crippen LogP contribution in [0.5, 0.6) is 0 Å². The molecule has 0 spiro atoms. The summed E-state index contributed by atoms with van der Waals surface area (Å²) < 4.78 is 32.2. The molecule has 6 rings (SSSR count). The summed E-state index contributed by atoms with van der Waals surface area (Å²) >= 11 is 0. The number of pyridine rings is 2. The van der Waals surface area contributed by atoms with Crippen LogP contribution in [0.25, 0.3) is 22.0 Å². The molecule has 3 aromatic heterocycles. The number of nitrogens with one attached hydrogen (secondary N) is 1. The van der Waals surface area contributed by atoms with Crippen molar-refractivity contribution in [3.05, 3.63) is 63.7 Å². The Labute approximate surface area is 236 Å². The first-order valence-corrected chi connectivity index (χ1v) is 13.9. The highest BCUT2D eigenvalue weighted by molar-refractivity contribution is 5.95. The van der Waals surface area contributed by atoms with E-state index in [0.717, 1.165) is 35.7 Å². The summed E-state index contributed by atoms with van der Waals surface area (Å²) in [4.78, 5) is 33.8. The third kappa shape index (κ3) is 4.83. The molecule has 5 heterocycles. The zero-order valence-corrected chi connectivity index (χ0v) is 23.6. The van der Waals surface area contributed by atoms with Gasteiger partial charge in [-0.25, -0.2) is 13.8 Å². The van der Waals surface area contributed by atoms with Crippen molar-refractivity contribution in [2.45, 2.75) is 45.6 Å². The fraction of sp³-hybridized carbons (Fsp3) is 0.400. The highest BCUT2D eigenvalue weighted by atomic mass is 19.3. The fourth-order valence-electron chi connectivity index (χ4n) is 6.18. The van der Waals surface area contributed by atoms with Crippen molar-refractivity contribution in [1.29, 1.82) is 0 Å². The van der Waals surface area contributed by atoms with Gasteiger partial charge in [0.25, 0.3) is 12.0 Å². The normalized spacial score (nSPS) is 17.0. The molecule has 0 radical (unpaired) electrons. The lowest BCUT2D eigenvalue weighted by Gasteiger charge is -2.33. The van der Waals surface area contributed by atoms with Gasteiger partial charge in [-0.2, -0.15) is 5.10 Å². The number of aryl methyl sites for hydroxylation is 4. The van der Waals surface area contributed by atoms with Crippen molar-refractivity contribution in [3.8, 4) is 11.1 Å². The van der Waals surface area contributed by atoms with Crippen LogP contribution >= 0.6 is 0 Å². The number of fused-ring (bicyclic) bond motifs is 2. The topological polar surface area (TPSA) is 88.3 Å². The van der Waals surface area contributed by atoms with E-state index in [4.69, 9.17) is 4.98 Å². The third-order valence-electron chi connectivity index (χ3n) is 8.16. The van der Waals surface area contributed by atoms with E-state index >= 15 is 0 Å². The molecule has 9 nitrogen and oxygen atoms in total. The molecule has 0 saturated carbocycles. The van der Waals surface area contributed by atoms with Gasteiger partial charge < -0.3 is 19.7 Å². The highest BCUT2D eigenvalue weighted by Crippen LogP contribution is 2.43. The van der Waals surface area contributed by atoms with E-state index in [-0.39, 0.29) is 23.1 Å². The quantitative estimate of drug-likeness (QED) is 0.389. The number of hydrogen-bond acceptors (Lipinski definition) is 6. The molecule has 4 aromatic rings. The first-order chi connectivity index (χ1) is 19.6. The maximum atomic E-state index is 14.5. The zero-order valence-electron chi connectivity index (χ0n) is 23.6. The van der Waals surface area contributed by atoms with E-state index in [0.29, 0.717) is 53.6 Å². The summed E-state index contributed by atoms with van der Waals surface area (Å²) in [5.41, 5.74) is 3.96. The van der Waals surface area contributed by atoms with Crippen molar-refractivity contribution in [3.63, 3.8) is 0 Å². The minimum atomic E-state index is -2.67. The Balaban J connectivity index is 1.52. The van der Waals surface area contributed by atoms with Crippen LogP contribution in [0, 0.1) is 6.92 Å². The number of alkyl halides is 2. The van der Waals surface area contributed by atoms with E-state index in [2.05, 4.69) is 15.3 Å². The molecule has 0 bridgehead atoms. The summed E-state index contributed by atoms with van der Waals surface area (Å²) in [6, 6.07) is 7.23. The van der Waals surface area contributed by atoms with Gasteiger partial charge in [0.05, 0.1) is 11.7 Å².